The van der Waals surface area contributed by atoms with Crippen LogP contribution in [0.5, 0.6) is 0 Å². The van der Waals surface area contributed by atoms with E-state index in [1.54, 1.807) is 6.92 Å². The molecular formula is C14H19NO3. The molecule has 0 atom stereocenters. The molecule has 0 saturated carbocycles. The van der Waals surface area contributed by atoms with Gasteiger partial charge >= 0.3 is 5.97 Å². The van der Waals surface area contributed by atoms with E-state index < -0.39 is 0 Å². The van der Waals surface area contributed by atoms with E-state index in [0.717, 1.165) is 29.8 Å². The first-order chi connectivity index (χ1) is 8.56. The molecular weight excluding hydrogens is 230 g/mol. The number of esters is 1. The van der Waals surface area contributed by atoms with Crippen molar-refractivity contribution in [2.24, 2.45) is 0 Å². The van der Waals surface area contributed by atoms with Crippen LogP contribution in [0, 0.1) is 0 Å². The number of nitrogens with zero attached hydrogens (tertiary/aromatic N) is 1. The summed E-state index contributed by atoms with van der Waals surface area (Å²) in [5.41, 5.74) is 3.41. The van der Waals surface area contributed by atoms with E-state index in [1.165, 1.54) is 0 Å². The molecule has 0 radical (unpaired) electrons. The second-order valence-electron chi connectivity index (χ2n) is 4.72. The number of Topliss-reactive ketones (excluding diaryl/α,β-unsaturated/α-hetero) is 1. The van der Waals surface area contributed by atoms with Crippen LogP contribution in [0.4, 0.5) is 0 Å². The van der Waals surface area contributed by atoms with Crippen LogP contribution >= 0.6 is 0 Å². The minimum absolute atomic E-state index is 0.178. The molecule has 0 aromatic carbocycles. The molecule has 0 spiro atoms. The number of hydrogen-bond donors (Lipinski definition) is 0. The maximum absolute atomic E-state index is 11.9. The zero-order valence-corrected chi connectivity index (χ0v) is 11.2. The first kappa shape index (κ1) is 12.9. The van der Waals surface area contributed by atoms with Crippen LogP contribution in [0.3, 0.4) is 0 Å². The van der Waals surface area contributed by atoms with Gasteiger partial charge < -0.3 is 9.64 Å². The van der Waals surface area contributed by atoms with Crippen molar-refractivity contribution < 1.29 is 14.3 Å². The average molecular weight is 249 g/mol. The third-order valence-corrected chi connectivity index (χ3v) is 3.72. The van der Waals surface area contributed by atoms with Crippen molar-refractivity contribution in [2.75, 3.05) is 13.7 Å². The standard InChI is InChI=1S/C14H19NO3/c1-4-18-14(17)10-8-11-12(15(3)9(10)2)6-5-7-13(11)16/h4-8H2,1-3H3. The number of carbonyl (C=O) groups excluding carboxylic acids is 2. The number of hydrogen-bond acceptors (Lipinski definition) is 4. The minimum atomic E-state index is -0.299. The Labute approximate surface area is 107 Å². The lowest BCUT2D eigenvalue weighted by Gasteiger charge is -2.34. The zero-order valence-electron chi connectivity index (χ0n) is 11.2. The Morgan fingerprint density at radius 1 is 1.39 bits per heavy atom. The molecule has 2 aliphatic rings. The first-order valence-corrected chi connectivity index (χ1v) is 6.42. The van der Waals surface area contributed by atoms with Crippen molar-refractivity contribution in [1.82, 2.24) is 4.90 Å². The van der Waals surface area contributed by atoms with Gasteiger partial charge in [-0.3, -0.25) is 4.79 Å². The summed E-state index contributed by atoms with van der Waals surface area (Å²) in [6.07, 6.45) is 2.86. The highest BCUT2D eigenvalue weighted by Gasteiger charge is 2.32. The summed E-state index contributed by atoms with van der Waals surface area (Å²) in [4.78, 5) is 25.8. The molecule has 0 aromatic rings. The first-order valence-electron chi connectivity index (χ1n) is 6.42. The molecule has 98 valence electrons. The Kier molecular flexibility index (Phi) is 3.55. The van der Waals surface area contributed by atoms with Crippen LogP contribution in [0.15, 0.2) is 22.5 Å². The maximum Gasteiger partial charge on any atom is 0.336 e. The fourth-order valence-corrected chi connectivity index (χ4v) is 2.60. The third kappa shape index (κ3) is 2.07. The quantitative estimate of drug-likeness (QED) is 0.704. The van der Waals surface area contributed by atoms with Crippen LogP contribution in [-0.2, 0) is 14.3 Å². The molecule has 18 heavy (non-hydrogen) atoms. The van der Waals surface area contributed by atoms with Crippen molar-refractivity contribution in [1.29, 1.82) is 0 Å². The summed E-state index contributed by atoms with van der Waals surface area (Å²) in [7, 11) is 1.92. The highest BCUT2D eigenvalue weighted by atomic mass is 16.5. The lowest BCUT2D eigenvalue weighted by molar-refractivity contribution is -0.138. The van der Waals surface area contributed by atoms with Gasteiger partial charge in [0.05, 0.1) is 12.2 Å². The van der Waals surface area contributed by atoms with Crippen molar-refractivity contribution in [3.8, 4) is 0 Å². The highest BCUT2D eigenvalue weighted by Crippen LogP contribution is 2.36. The summed E-state index contributed by atoms with van der Waals surface area (Å²) in [5.74, 6) is -0.121. The van der Waals surface area contributed by atoms with E-state index in [0.29, 0.717) is 25.0 Å². The summed E-state index contributed by atoms with van der Waals surface area (Å²) >= 11 is 0. The Bertz CT molecular complexity index is 460. The molecule has 0 saturated heterocycles. The van der Waals surface area contributed by atoms with Crippen molar-refractivity contribution in [3.05, 3.63) is 22.5 Å². The lowest BCUT2D eigenvalue weighted by atomic mass is 9.86. The number of allylic oxidation sites excluding steroid dienone is 3. The molecule has 0 unspecified atom stereocenters. The highest BCUT2D eigenvalue weighted by molar-refractivity contribution is 6.00. The van der Waals surface area contributed by atoms with Gasteiger partial charge in [-0.15, -0.1) is 0 Å². The minimum Gasteiger partial charge on any atom is -0.463 e. The predicted molar refractivity (Wildman–Crippen MR) is 67.6 cm³/mol. The van der Waals surface area contributed by atoms with E-state index in [-0.39, 0.29) is 11.8 Å². The maximum atomic E-state index is 11.9. The van der Waals surface area contributed by atoms with Crippen LogP contribution in [0.1, 0.15) is 39.5 Å². The molecule has 0 N–H and O–H groups in total. The van der Waals surface area contributed by atoms with Gasteiger partial charge in [0.2, 0.25) is 0 Å². The van der Waals surface area contributed by atoms with E-state index in [9.17, 15) is 9.59 Å². The van der Waals surface area contributed by atoms with Gasteiger partial charge in [-0.1, -0.05) is 0 Å². The van der Waals surface area contributed by atoms with Crippen molar-refractivity contribution in [3.63, 3.8) is 0 Å². The number of ketones is 1. The largest absolute Gasteiger partial charge is 0.463 e. The number of ether oxygens (including phenoxy) is 1. The molecule has 1 aliphatic carbocycles. The second-order valence-corrected chi connectivity index (χ2v) is 4.72. The van der Waals surface area contributed by atoms with E-state index in [4.69, 9.17) is 4.74 Å². The Balaban J connectivity index is 2.33. The van der Waals surface area contributed by atoms with E-state index in [2.05, 4.69) is 0 Å². The number of carbonyl (C=O) groups is 2. The SMILES string of the molecule is CCOC(=O)C1=C(C)N(C)C2=C(C1)C(=O)CCC2. The third-order valence-electron chi connectivity index (χ3n) is 3.72. The van der Waals surface area contributed by atoms with Gasteiger partial charge in [0.15, 0.2) is 5.78 Å². The normalized spacial score (nSPS) is 20.2. The van der Waals surface area contributed by atoms with Crippen LogP contribution in [0.25, 0.3) is 0 Å². The van der Waals surface area contributed by atoms with Crippen molar-refractivity contribution >= 4 is 11.8 Å². The summed E-state index contributed by atoms with van der Waals surface area (Å²) in [6, 6.07) is 0. The Morgan fingerprint density at radius 2 is 2.11 bits per heavy atom. The molecule has 0 amide bonds. The van der Waals surface area contributed by atoms with E-state index in [1.807, 2.05) is 18.9 Å². The summed E-state index contributed by atoms with van der Waals surface area (Å²) < 4.78 is 5.06. The summed E-state index contributed by atoms with van der Waals surface area (Å²) in [5, 5.41) is 0. The second kappa shape index (κ2) is 4.96. The van der Waals surface area contributed by atoms with Gasteiger partial charge in [0.25, 0.3) is 0 Å². The molecule has 1 aliphatic heterocycles. The van der Waals surface area contributed by atoms with Gasteiger partial charge in [-0.25, -0.2) is 4.79 Å². The lowest BCUT2D eigenvalue weighted by Crippen LogP contribution is -2.30. The average Bonchev–Trinajstić information content (AvgIpc) is 2.34. The van der Waals surface area contributed by atoms with E-state index >= 15 is 0 Å². The molecule has 1 heterocycles. The van der Waals surface area contributed by atoms with Gasteiger partial charge in [-0.2, -0.15) is 0 Å². The Morgan fingerprint density at radius 3 is 2.78 bits per heavy atom. The fourth-order valence-electron chi connectivity index (χ4n) is 2.60. The molecule has 0 bridgehead atoms. The van der Waals surface area contributed by atoms with Gasteiger partial charge in [0, 0.05) is 36.9 Å². The molecule has 2 rings (SSSR count). The fraction of sp³-hybridized carbons (Fsp3) is 0.571. The monoisotopic (exact) mass is 249 g/mol. The molecule has 4 heteroatoms. The van der Waals surface area contributed by atoms with Crippen LogP contribution < -0.4 is 0 Å². The van der Waals surface area contributed by atoms with Crippen molar-refractivity contribution in [2.45, 2.75) is 39.5 Å². The smallest absolute Gasteiger partial charge is 0.336 e. The van der Waals surface area contributed by atoms with Crippen LogP contribution in [0.2, 0.25) is 0 Å². The van der Waals surface area contributed by atoms with Crippen LogP contribution in [-0.4, -0.2) is 30.3 Å². The molecule has 4 nitrogen and oxygen atoms in total. The molecule has 0 aromatic heterocycles. The predicted octanol–water partition coefficient (Wildman–Crippen LogP) is 2.17. The zero-order chi connectivity index (χ0) is 13.3. The summed E-state index contributed by atoms with van der Waals surface area (Å²) in [6.45, 7) is 4.06. The van der Waals surface area contributed by atoms with Gasteiger partial charge in [0.1, 0.15) is 0 Å². The number of rotatable bonds is 2. The molecule has 0 fully saturated rings. The topological polar surface area (TPSA) is 46.6 Å². The Hall–Kier alpha value is -1.58. The van der Waals surface area contributed by atoms with Gasteiger partial charge in [-0.05, 0) is 26.7 Å².